The molecule has 1 nitrogen and oxygen atoms in total. The Hall–Kier alpha value is -0.460. The zero-order chi connectivity index (χ0) is 10.6. The molecule has 0 bridgehead atoms. The van der Waals surface area contributed by atoms with Gasteiger partial charge in [0.2, 0.25) is 0 Å². The molecule has 0 aliphatic rings. The van der Waals surface area contributed by atoms with Crippen LogP contribution in [0.15, 0.2) is 12.3 Å². The van der Waals surface area contributed by atoms with Crippen molar-refractivity contribution in [1.82, 2.24) is 0 Å². The molecule has 0 saturated heterocycles. The summed E-state index contributed by atoms with van der Waals surface area (Å²) >= 11 is 0. The van der Waals surface area contributed by atoms with Crippen LogP contribution in [0.4, 0.5) is 0 Å². The summed E-state index contributed by atoms with van der Waals surface area (Å²) < 4.78 is 0. The lowest BCUT2D eigenvalue weighted by atomic mass is 10.1. The molecule has 0 heterocycles. The lowest BCUT2D eigenvalue weighted by molar-refractivity contribution is -0.306. The van der Waals surface area contributed by atoms with Crippen LogP contribution in [0.2, 0.25) is 0 Å². The van der Waals surface area contributed by atoms with Crippen LogP contribution < -0.4 is 5.11 Å². The van der Waals surface area contributed by atoms with Gasteiger partial charge < -0.3 is 5.11 Å². The van der Waals surface area contributed by atoms with Crippen molar-refractivity contribution >= 4 is 0 Å². The third-order valence-electron chi connectivity index (χ3n) is 2.56. The fourth-order valence-corrected chi connectivity index (χ4v) is 1.63. The Labute approximate surface area is 89.2 Å². The smallest absolute Gasteiger partial charge is 0.0429 e. The Morgan fingerprint density at radius 1 is 0.857 bits per heavy atom. The van der Waals surface area contributed by atoms with E-state index in [0.29, 0.717) is 6.42 Å². The summed E-state index contributed by atoms with van der Waals surface area (Å²) in [5, 5.41) is 10.5. The SMILES string of the molecule is C=C([O-])CCCCCCCCCCC. The van der Waals surface area contributed by atoms with Crippen LogP contribution in [-0.2, 0) is 0 Å². The molecule has 0 aromatic rings. The van der Waals surface area contributed by atoms with Crippen LogP contribution in [0.25, 0.3) is 0 Å². The molecule has 0 radical (unpaired) electrons. The molecular weight excluding hydrogens is 172 g/mol. The van der Waals surface area contributed by atoms with Gasteiger partial charge in [-0.1, -0.05) is 64.7 Å². The van der Waals surface area contributed by atoms with Crippen molar-refractivity contribution < 1.29 is 5.11 Å². The molecule has 0 saturated carbocycles. The highest BCUT2D eigenvalue weighted by Crippen LogP contribution is 2.10. The average molecular weight is 197 g/mol. The third-order valence-corrected chi connectivity index (χ3v) is 2.56. The van der Waals surface area contributed by atoms with Crippen LogP contribution in [0.5, 0.6) is 0 Å². The molecule has 0 aromatic carbocycles. The molecular formula is C13H25O-. The molecule has 0 atom stereocenters. The van der Waals surface area contributed by atoms with E-state index in [9.17, 15) is 5.11 Å². The van der Waals surface area contributed by atoms with Crippen LogP contribution in [-0.4, -0.2) is 0 Å². The van der Waals surface area contributed by atoms with Crippen LogP contribution in [0, 0.1) is 0 Å². The van der Waals surface area contributed by atoms with Crippen molar-refractivity contribution in [2.75, 3.05) is 0 Å². The summed E-state index contributed by atoms with van der Waals surface area (Å²) in [4.78, 5) is 0. The van der Waals surface area contributed by atoms with E-state index in [1.165, 1.54) is 51.4 Å². The second-order valence-electron chi connectivity index (χ2n) is 4.12. The fourth-order valence-electron chi connectivity index (χ4n) is 1.63. The monoisotopic (exact) mass is 197 g/mol. The maximum absolute atomic E-state index is 10.5. The minimum atomic E-state index is 0.0907. The second kappa shape index (κ2) is 10.6. The molecule has 0 aliphatic heterocycles. The molecule has 0 rings (SSSR count). The molecule has 0 unspecified atom stereocenters. The van der Waals surface area contributed by atoms with Crippen LogP contribution >= 0.6 is 0 Å². The molecule has 84 valence electrons. The highest BCUT2D eigenvalue weighted by Gasteiger charge is 1.91. The third kappa shape index (κ3) is 11.5. The normalized spacial score (nSPS) is 10.4. The first-order chi connectivity index (χ1) is 6.77. The van der Waals surface area contributed by atoms with Gasteiger partial charge in [-0.15, -0.1) is 12.3 Å². The first-order valence-corrected chi connectivity index (χ1v) is 6.12. The van der Waals surface area contributed by atoms with Crippen LogP contribution in [0.1, 0.15) is 71.1 Å². The zero-order valence-corrected chi connectivity index (χ0v) is 9.69. The first kappa shape index (κ1) is 13.5. The molecule has 0 aromatic heterocycles. The lowest BCUT2D eigenvalue weighted by Gasteiger charge is -2.07. The Morgan fingerprint density at radius 2 is 1.29 bits per heavy atom. The minimum absolute atomic E-state index is 0.0907. The predicted molar refractivity (Wildman–Crippen MR) is 61.0 cm³/mol. The van der Waals surface area contributed by atoms with E-state index in [2.05, 4.69) is 13.5 Å². The van der Waals surface area contributed by atoms with Gasteiger partial charge in [0.1, 0.15) is 0 Å². The number of allylic oxidation sites excluding steroid dienone is 1. The average Bonchev–Trinajstić information content (AvgIpc) is 2.15. The Morgan fingerprint density at radius 3 is 1.71 bits per heavy atom. The van der Waals surface area contributed by atoms with Gasteiger partial charge >= 0.3 is 0 Å². The van der Waals surface area contributed by atoms with Gasteiger partial charge in [-0.05, 0) is 6.42 Å². The molecule has 0 amide bonds. The number of hydrogen-bond donors (Lipinski definition) is 0. The molecule has 0 N–H and O–H groups in total. The molecule has 0 spiro atoms. The maximum Gasteiger partial charge on any atom is -0.0429 e. The van der Waals surface area contributed by atoms with Gasteiger partial charge in [-0.3, -0.25) is 0 Å². The Kier molecular flexibility index (Phi) is 10.3. The molecule has 0 fully saturated rings. The largest absolute Gasteiger partial charge is 0.876 e. The van der Waals surface area contributed by atoms with Crippen molar-refractivity contribution in [2.24, 2.45) is 0 Å². The molecule has 1 heteroatoms. The fraction of sp³-hybridized carbons (Fsp3) is 0.846. The van der Waals surface area contributed by atoms with Gasteiger partial charge in [0, 0.05) is 0 Å². The summed E-state index contributed by atoms with van der Waals surface area (Å²) in [7, 11) is 0. The van der Waals surface area contributed by atoms with E-state index in [-0.39, 0.29) is 5.76 Å². The second-order valence-corrected chi connectivity index (χ2v) is 4.12. The van der Waals surface area contributed by atoms with Gasteiger partial charge in [-0.25, -0.2) is 0 Å². The molecule has 14 heavy (non-hydrogen) atoms. The van der Waals surface area contributed by atoms with Crippen molar-refractivity contribution in [3.63, 3.8) is 0 Å². The summed E-state index contributed by atoms with van der Waals surface area (Å²) in [5.41, 5.74) is 0. The van der Waals surface area contributed by atoms with Gasteiger partial charge in [-0.2, -0.15) is 0 Å². The summed E-state index contributed by atoms with van der Waals surface area (Å²) in [6.45, 7) is 5.61. The van der Waals surface area contributed by atoms with Gasteiger partial charge in [0.05, 0.1) is 0 Å². The minimum Gasteiger partial charge on any atom is -0.876 e. The van der Waals surface area contributed by atoms with Crippen molar-refractivity contribution in [3.8, 4) is 0 Å². The van der Waals surface area contributed by atoms with Crippen molar-refractivity contribution in [1.29, 1.82) is 0 Å². The first-order valence-electron chi connectivity index (χ1n) is 6.12. The van der Waals surface area contributed by atoms with E-state index in [0.717, 1.165) is 6.42 Å². The van der Waals surface area contributed by atoms with Crippen molar-refractivity contribution in [2.45, 2.75) is 71.1 Å². The number of hydrogen-bond acceptors (Lipinski definition) is 1. The predicted octanol–water partition coefficient (Wildman–Crippen LogP) is 3.78. The van der Waals surface area contributed by atoms with E-state index < -0.39 is 0 Å². The Bertz CT molecular complexity index is 129. The zero-order valence-electron chi connectivity index (χ0n) is 9.69. The van der Waals surface area contributed by atoms with Gasteiger partial charge in [0.25, 0.3) is 0 Å². The van der Waals surface area contributed by atoms with E-state index in [1.54, 1.807) is 0 Å². The quantitative estimate of drug-likeness (QED) is 0.386. The highest BCUT2D eigenvalue weighted by molar-refractivity contribution is 4.75. The topological polar surface area (TPSA) is 23.1 Å². The highest BCUT2D eigenvalue weighted by atomic mass is 16.3. The lowest BCUT2D eigenvalue weighted by Crippen LogP contribution is -2.00. The van der Waals surface area contributed by atoms with Crippen LogP contribution in [0.3, 0.4) is 0 Å². The summed E-state index contributed by atoms with van der Waals surface area (Å²) in [6.07, 6.45) is 12.4. The van der Waals surface area contributed by atoms with Crippen molar-refractivity contribution in [3.05, 3.63) is 12.3 Å². The summed E-state index contributed by atoms with van der Waals surface area (Å²) in [5.74, 6) is 0.0907. The number of rotatable bonds is 10. The Balaban J connectivity index is 2.88. The molecule has 0 aliphatic carbocycles. The summed E-state index contributed by atoms with van der Waals surface area (Å²) in [6, 6.07) is 0. The van der Waals surface area contributed by atoms with E-state index >= 15 is 0 Å². The standard InChI is InChI=1S/C13H26O/c1-3-4-5-6-7-8-9-10-11-12-13(2)14/h14H,2-12H2,1H3/p-1. The van der Waals surface area contributed by atoms with Gasteiger partial charge in [0.15, 0.2) is 0 Å². The van der Waals surface area contributed by atoms with E-state index in [1.807, 2.05) is 0 Å². The van der Waals surface area contributed by atoms with E-state index in [4.69, 9.17) is 0 Å². The number of unbranched alkanes of at least 4 members (excludes halogenated alkanes) is 8. The maximum atomic E-state index is 10.5.